The van der Waals surface area contributed by atoms with Crippen LogP contribution in [0.15, 0.2) is 48.5 Å². The molecule has 4 rings (SSSR count). The van der Waals surface area contributed by atoms with Crippen molar-refractivity contribution in [3.63, 3.8) is 0 Å². The van der Waals surface area contributed by atoms with E-state index in [9.17, 15) is 9.59 Å². The number of hydrogen-bond donors (Lipinski definition) is 0. The van der Waals surface area contributed by atoms with E-state index in [1.807, 2.05) is 65.3 Å². The maximum absolute atomic E-state index is 13.4. The molecular formula is C23H25ClN2O2. The summed E-state index contributed by atoms with van der Waals surface area (Å²) in [4.78, 5) is 29.8. The number of fused-ring (bicyclic) bond motifs is 1. The van der Waals surface area contributed by atoms with Gasteiger partial charge in [0.2, 0.25) is 11.8 Å². The number of carbonyl (C=O) groups is 2. The summed E-state index contributed by atoms with van der Waals surface area (Å²) in [5.74, 6) is -0.178. The number of benzene rings is 2. The minimum absolute atomic E-state index is 0.0262. The van der Waals surface area contributed by atoms with Crippen LogP contribution in [0, 0.1) is 5.92 Å². The van der Waals surface area contributed by atoms with Gasteiger partial charge in [-0.05, 0) is 55.5 Å². The standard InChI is InChI=1S/C23H25ClN2O2/c1-16(17-7-3-2-4-8-17)26-15-19(14-22(26)27)23(28)25-12-6-5-9-18-13-20(24)10-11-21(18)25/h2-4,7-8,10-11,13,16,19H,5-6,9,12,14-15H2,1H3. The molecule has 1 fully saturated rings. The van der Waals surface area contributed by atoms with Crippen molar-refractivity contribution in [3.8, 4) is 0 Å². The Morgan fingerprint density at radius 2 is 1.93 bits per heavy atom. The number of carbonyl (C=O) groups excluding carboxylic acids is 2. The monoisotopic (exact) mass is 396 g/mol. The summed E-state index contributed by atoms with van der Waals surface area (Å²) >= 11 is 6.16. The smallest absolute Gasteiger partial charge is 0.232 e. The molecule has 1 saturated heterocycles. The van der Waals surface area contributed by atoms with E-state index in [1.54, 1.807) is 0 Å². The Morgan fingerprint density at radius 3 is 2.71 bits per heavy atom. The van der Waals surface area contributed by atoms with Crippen LogP contribution < -0.4 is 4.90 Å². The molecule has 2 aromatic rings. The Hall–Kier alpha value is -2.33. The number of aryl methyl sites for hydroxylation is 1. The second-order valence-electron chi connectivity index (χ2n) is 7.75. The number of halogens is 1. The summed E-state index contributed by atoms with van der Waals surface area (Å²) in [6.07, 6.45) is 3.22. The molecule has 0 spiro atoms. The van der Waals surface area contributed by atoms with E-state index in [1.165, 1.54) is 0 Å². The molecule has 0 aliphatic carbocycles. The summed E-state index contributed by atoms with van der Waals surface area (Å²) in [5, 5.41) is 0.701. The first kappa shape index (κ1) is 19.0. The van der Waals surface area contributed by atoms with Gasteiger partial charge >= 0.3 is 0 Å². The average molecular weight is 397 g/mol. The molecule has 0 aromatic heterocycles. The molecule has 2 atom stereocenters. The van der Waals surface area contributed by atoms with Gasteiger partial charge in [0, 0.05) is 30.2 Å². The van der Waals surface area contributed by atoms with Crippen molar-refractivity contribution in [3.05, 3.63) is 64.7 Å². The predicted octanol–water partition coefficient (Wildman–Crippen LogP) is 4.62. The van der Waals surface area contributed by atoms with Crippen LogP contribution in [0.2, 0.25) is 5.02 Å². The van der Waals surface area contributed by atoms with Gasteiger partial charge in [-0.1, -0.05) is 41.9 Å². The second-order valence-corrected chi connectivity index (χ2v) is 8.19. The van der Waals surface area contributed by atoms with Gasteiger partial charge < -0.3 is 9.80 Å². The minimum atomic E-state index is -0.291. The third-order valence-electron chi connectivity index (χ3n) is 5.93. The van der Waals surface area contributed by atoms with Crippen molar-refractivity contribution in [1.82, 2.24) is 4.90 Å². The Labute approximate surface area is 171 Å². The van der Waals surface area contributed by atoms with Crippen molar-refractivity contribution in [2.45, 2.75) is 38.6 Å². The average Bonchev–Trinajstić information content (AvgIpc) is 2.97. The third kappa shape index (κ3) is 3.66. The highest BCUT2D eigenvalue weighted by Gasteiger charge is 2.39. The molecule has 2 unspecified atom stereocenters. The Morgan fingerprint density at radius 1 is 1.14 bits per heavy atom. The normalized spacial score (nSPS) is 20.6. The molecule has 28 heavy (non-hydrogen) atoms. The fraction of sp³-hybridized carbons (Fsp3) is 0.391. The molecule has 146 valence electrons. The van der Waals surface area contributed by atoms with Crippen LogP contribution >= 0.6 is 11.6 Å². The van der Waals surface area contributed by atoms with Gasteiger partial charge in [0.1, 0.15) is 0 Å². The molecule has 0 saturated carbocycles. The quantitative estimate of drug-likeness (QED) is 0.759. The molecule has 5 heteroatoms. The lowest BCUT2D eigenvalue weighted by Gasteiger charge is -2.28. The van der Waals surface area contributed by atoms with Crippen LogP contribution in [0.4, 0.5) is 5.69 Å². The van der Waals surface area contributed by atoms with E-state index in [2.05, 4.69) is 0 Å². The van der Waals surface area contributed by atoms with Crippen LogP contribution in [0.3, 0.4) is 0 Å². The number of nitrogens with zero attached hydrogens (tertiary/aromatic N) is 2. The molecular weight excluding hydrogens is 372 g/mol. The molecule has 0 N–H and O–H groups in total. The number of anilines is 1. The predicted molar refractivity (Wildman–Crippen MR) is 111 cm³/mol. The molecule has 2 amide bonds. The molecule has 0 radical (unpaired) electrons. The SMILES string of the molecule is CC(c1ccccc1)N1CC(C(=O)N2CCCCc3cc(Cl)ccc32)CC1=O. The van der Waals surface area contributed by atoms with Gasteiger partial charge in [0.05, 0.1) is 12.0 Å². The van der Waals surface area contributed by atoms with Crippen molar-refractivity contribution >= 4 is 29.1 Å². The van der Waals surface area contributed by atoms with E-state index in [0.717, 1.165) is 36.1 Å². The van der Waals surface area contributed by atoms with Crippen LogP contribution in [0.25, 0.3) is 0 Å². The highest BCUT2D eigenvalue weighted by Crippen LogP contribution is 2.33. The van der Waals surface area contributed by atoms with E-state index in [-0.39, 0.29) is 30.2 Å². The summed E-state index contributed by atoms with van der Waals surface area (Å²) in [7, 11) is 0. The zero-order valence-electron chi connectivity index (χ0n) is 16.1. The minimum Gasteiger partial charge on any atom is -0.335 e. The van der Waals surface area contributed by atoms with E-state index >= 15 is 0 Å². The largest absolute Gasteiger partial charge is 0.335 e. The number of rotatable bonds is 3. The summed E-state index contributed by atoms with van der Waals surface area (Å²) in [5.41, 5.74) is 3.17. The van der Waals surface area contributed by atoms with Gasteiger partial charge in [-0.2, -0.15) is 0 Å². The van der Waals surface area contributed by atoms with E-state index in [0.29, 0.717) is 18.1 Å². The summed E-state index contributed by atoms with van der Waals surface area (Å²) in [6, 6.07) is 15.7. The van der Waals surface area contributed by atoms with Crippen LogP contribution in [-0.2, 0) is 16.0 Å². The maximum Gasteiger partial charge on any atom is 0.232 e. The molecule has 2 aliphatic rings. The highest BCUT2D eigenvalue weighted by molar-refractivity contribution is 6.30. The lowest BCUT2D eigenvalue weighted by molar-refractivity contribution is -0.130. The van der Waals surface area contributed by atoms with Gasteiger partial charge in [-0.25, -0.2) is 0 Å². The molecule has 2 heterocycles. The Bertz CT molecular complexity index is 883. The fourth-order valence-electron chi connectivity index (χ4n) is 4.36. The third-order valence-corrected chi connectivity index (χ3v) is 6.17. The van der Waals surface area contributed by atoms with Crippen LogP contribution in [0.5, 0.6) is 0 Å². The first-order chi connectivity index (χ1) is 13.5. The van der Waals surface area contributed by atoms with Crippen molar-refractivity contribution < 1.29 is 9.59 Å². The molecule has 0 bridgehead atoms. The summed E-state index contributed by atoms with van der Waals surface area (Å²) < 4.78 is 0. The van der Waals surface area contributed by atoms with Crippen LogP contribution in [-0.4, -0.2) is 29.8 Å². The first-order valence-electron chi connectivity index (χ1n) is 9.99. The summed E-state index contributed by atoms with van der Waals surface area (Å²) in [6.45, 7) is 3.21. The van der Waals surface area contributed by atoms with Crippen molar-refractivity contribution in [1.29, 1.82) is 0 Å². The van der Waals surface area contributed by atoms with Gasteiger partial charge in [-0.15, -0.1) is 0 Å². The number of likely N-dealkylation sites (tertiary alicyclic amines) is 1. The maximum atomic E-state index is 13.4. The lowest BCUT2D eigenvalue weighted by Crippen LogP contribution is -2.38. The molecule has 2 aliphatic heterocycles. The van der Waals surface area contributed by atoms with Gasteiger partial charge in [0.15, 0.2) is 0 Å². The van der Waals surface area contributed by atoms with E-state index in [4.69, 9.17) is 11.6 Å². The molecule has 4 nitrogen and oxygen atoms in total. The number of hydrogen-bond acceptors (Lipinski definition) is 2. The fourth-order valence-corrected chi connectivity index (χ4v) is 4.55. The zero-order valence-corrected chi connectivity index (χ0v) is 16.9. The molecule has 2 aromatic carbocycles. The van der Waals surface area contributed by atoms with Crippen LogP contribution in [0.1, 0.15) is 43.4 Å². The topological polar surface area (TPSA) is 40.6 Å². The lowest BCUT2D eigenvalue weighted by atomic mass is 10.0. The first-order valence-corrected chi connectivity index (χ1v) is 10.4. The van der Waals surface area contributed by atoms with E-state index < -0.39 is 0 Å². The Balaban J connectivity index is 1.54. The van der Waals surface area contributed by atoms with Crippen molar-refractivity contribution in [2.24, 2.45) is 5.92 Å². The van der Waals surface area contributed by atoms with Gasteiger partial charge in [0.25, 0.3) is 0 Å². The number of amides is 2. The highest BCUT2D eigenvalue weighted by atomic mass is 35.5. The zero-order chi connectivity index (χ0) is 19.7. The second kappa shape index (κ2) is 7.96. The van der Waals surface area contributed by atoms with Crippen molar-refractivity contribution in [2.75, 3.05) is 18.0 Å². The Kier molecular flexibility index (Phi) is 5.40. The van der Waals surface area contributed by atoms with Gasteiger partial charge in [-0.3, -0.25) is 9.59 Å².